The minimum atomic E-state index is 0.133. The van der Waals surface area contributed by atoms with Crippen molar-refractivity contribution >= 4 is 5.78 Å². The summed E-state index contributed by atoms with van der Waals surface area (Å²) in [7, 11) is 3.78. The molecule has 0 saturated carbocycles. The van der Waals surface area contributed by atoms with E-state index in [0.29, 0.717) is 6.54 Å². The monoisotopic (exact) mass is 291 g/mol. The quantitative estimate of drug-likeness (QED) is 0.784. The third kappa shape index (κ3) is 7.95. The standard InChI is InChI=1S/C9H11NO.C8H18N2/c1-10-7-9(11)8-5-3-2-4-6-8;1-9-5-8-10-6-3-2-4-7-10/h2-6,10H,7H2,1H3;9H,2-8H2,1H3. The van der Waals surface area contributed by atoms with Gasteiger partial charge in [0, 0.05) is 18.7 Å². The highest BCUT2D eigenvalue weighted by Gasteiger charge is 2.07. The van der Waals surface area contributed by atoms with Crippen LogP contribution in [0.1, 0.15) is 29.6 Å². The Morgan fingerprint density at radius 3 is 2.29 bits per heavy atom. The summed E-state index contributed by atoms with van der Waals surface area (Å²) in [6.45, 7) is 5.42. The first kappa shape index (κ1) is 17.8. The number of hydrogen-bond donors (Lipinski definition) is 2. The lowest BCUT2D eigenvalue weighted by molar-refractivity contribution is 0.0993. The molecule has 0 radical (unpaired) electrons. The van der Waals surface area contributed by atoms with Crippen LogP contribution >= 0.6 is 0 Å². The molecule has 118 valence electrons. The molecule has 0 spiro atoms. The number of likely N-dealkylation sites (tertiary alicyclic amines) is 1. The molecule has 1 fully saturated rings. The third-order valence-corrected chi connectivity index (χ3v) is 3.56. The van der Waals surface area contributed by atoms with E-state index in [0.717, 1.165) is 12.1 Å². The number of Topliss-reactive ketones (excluding diaryl/α,β-unsaturated/α-hetero) is 1. The highest BCUT2D eigenvalue weighted by molar-refractivity contribution is 5.97. The lowest BCUT2D eigenvalue weighted by Crippen LogP contribution is -2.34. The summed E-state index contributed by atoms with van der Waals surface area (Å²) in [6.07, 6.45) is 4.25. The molecule has 0 atom stereocenters. The van der Waals surface area contributed by atoms with Gasteiger partial charge in [-0.2, -0.15) is 0 Å². The van der Waals surface area contributed by atoms with Crippen molar-refractivity contribution in [2.75, 3.05) is 46.8 Å². The number of nitrogens with zero attached hydrogens (tertiary/aromatic N) is 1. The molecule has 0 bridgehead atoms. The highest BCUT2D eigenvalue weighted by atomic mass is 16.1. The molecule has 1 heterocycles. The van der Waals surface area contributed by atoms with Crippen molar-refractivity contribution in [1.82, 2.24) is 15.5 Å². The van der Waals surface area contributed by atoms with Gasteiger partial charge >= 0.3 is 0 Å². The fourth-order valence-electron chi connectivity index (χ4n) is 2.34. The Kier molecular flexibility index (Phi) is 9.70. The molecule has 1 saturated heterocycles. The Bertz CT molecular complexity index is 375. The van der Waals surface area contributed by atoms with E-state index in [1.165, 1.54) is 38.9 Å². The van der Waals surface area contributed by atoms with Gasteiger partial charge in [-0.15, -0.1) is 0 Å². The Labute approximate surface area is 128 Å². The maximum absolute atomic E-state index is 11.2. The summed E-state index contributed by atoms with van der Waals surface area (Å²) in [6, 6.07) is 9.27. The molecule has 1 aliphatic rings. The van der Waals surface area contributed by atoms with Gasteiger partial charge in [-0.05, 0) is 40.0 Å². The maximum Gasteiger partial charge on any atom is 0.176 e. The normalized spacial score (nSPS) is 15.1. The zero-order valence-corrected chi connectivity index (χ0v) is 13.4. The minimum Gasteiger partial charge on any atom is -0.318 e. The van der Waals surface area contributed by atoms with E-state index in [1.54, 1.807) is 7.05 Å². The first-order chi connectivity index (χ1) is 10.3. The number of carbonyl (C=O) groups is 1. The SMILES string of the molecule is CNCC(=O)c1ccccc1.CNCCN1CCCCC1. The second kappa shape index (κ2) is 11.4. The van der Waals surface area contributed by atoms with Crippen LogP contribution in [0.4, 0.5) is 0 Å². The molecule has 4 heteroatoms. The van der Waals surface area contributed by atoms with Crippen LogP contribution in [-0.2, 0) is 0 Å². The van der Waals surface area contributed by atoms with Gasteiger partial charge in [0.2, 0.25) is 0 Å². The summed E-state index contributed by atoms with van der Waals surface area (Å²) < 4.78 is 0. The number of piperidine rings is 1. The van der Waals surface area contributed by atoms with Crippen LogP contribution in [0.25, 0.3) is 0 Å². The fourth-order valence-corrected chi connectivity index (χ4v) is 2.34. The van der Waals surface area contributed by atoms with Crippen molar-refractivity contribution < 1.29 is 4.79 Å². The molecule has 1 aliphatic heterocycles. The number of nitrogens with one attached hydrogen (secondary N) is 2. The molecule has 1 aromatic rings. The number of ketones is 1. The predicted molar refractivity (Wildman–Crippen MR) is 88.9 cm³/mol. The van der Waals surface area contributed by atoms with Crippen molar-refractivity contribution in [2.24, 2.45) is 0 Å². The molecule has 2 rings (SSSR count). The molecule has 0 aromatic heterocycles. The van der Waals surface area contributed by atoms with Crippen molar-refractivity contribution in [3.8, 4) is 0 Å². The van der Waals surface area contributed by atoms with Crippen molar-refractivity contribution in [3.05, 3.63) is 35.9 Å². The van der Waals surface area contributed by atoms with Crippen LogP contribution in [-0.4, -0.2) is 57.5 Å². The van der Waals surface area contributed by atoms with Gasteiger partial charge in [0.05, 0.1) is 6.54 Å². The van der Waals surface area contributed by atoms with Crippen LogP contribution in [0, 0.1) is 0 Å². The summed E-state index contributed by atoms with van der Waals surface area (Å²) in [4.78, 5) is 13.7. The lowest BCUT2D eigenvalue weighted by atomic mass is 10.1. The second-order valence-electron chi connectivity index (χ2n) is 5.33. The van der Waals surface area contributed by atoms with E-state index in [9.17, 15) is 4.79 Å². The molecule has 1 aromatic carbocycles. The molecule has 21 heavy (non-hydrogen) atoms. The van der Waals surface area contributed by atoms with E-state index in [2.05, 4.69) is 15.5 Å². The highest BCUT2D eigenvalue weighted by Crippen LogP contribution is 2.06. The number of benzene rings is 1. The molecule has 0 unspecified atom stereocenters. The molecule has 2 N–H and O–H groups in total. The van der Waals surface area contributed by atoms with Gasteiger partial charge in [-0.3, -0.25) is 4.79 Å². The summed E-state index contributed by atoms with van der Waals surface area (Å²) in [5.41, 5.74) is 0.766. The summed E-state index contributed by atoms with van der Waals surface area (Å²) in [5.74, 6) is 0.133. The predicted octanol–water partition coefficient (Wildman–Crippen LogP) is 1.78. The summed E-state index contributed by atoms with van der Waals surface area (Å²) >= 11 is 0. The van der Waals surface area contributed by atoms with E-state index >= 15 is 0 Å². The molecular formula is C17H29N3O. The Balaban J connectivity index is 0.000000211. The average Bonchev–Trinajstić information content (AvgIpc) is 2.55. The van der Waals surface area contributed by atoms with Crippen LogP contribution in [0.3, 0.4) is 0 Å². The van der Waals surface area contributed by atoms with Crippen molar-refractivity contribution in [3.63, 3.8) is 0 Å². The molecule has 4 nitrogen and oxygen atoms in total. The van der Waals surface area contributed by atoms with E-state index in [4.69, 9.17) is 0 Å². The Morgan fingerprint density at radius 2 is 1.71 bits per heavy atom. The Hall–Kier alpha value is -1.23. The first-order valence-electron chi connectivity index (χ1n) is 7.87. The van der Waals surface area contributed by atoms with E-state index < -0.39 is 0 Å². The van der Waals surface area contributed by atoms with Gasteiger partial charge in [0.1, 0.15) is 0 Å². The van der Waals surface area contributed by atoms with Crippen LogP contribution in [0.5, 0.6) is 0 Å². The third-order valence-electron chi connectivity index (χ3n) is 3.56. The number of rotatable bonds is 6. The maximum atomic E-state index is 11.2. The zero-order valence-electron chi connectivity index (χ0n) is 13.4. The van der Waals surface area contributed by atoms with Gasteiger partial charge in [0.15, 0.2) is 5.78 Å². The number of hydrogen-bond acceptors (Lipinski definition) is 4. The van der Waals surface area contributed by atoms with Gasteiger partial charge < -0.3 is 15.5 Å². The van der Waals surface area contributed by atoms with Gasteiger partial charge in [0.25, 0.3) is 0 Å². The second-order valence-corrected chi connectivity index (χ2v) is 5.33. The smallest absolute Gasteiger partial charge is 0.176 e. The zero-order chi connectivity index (χ0) is 15.3. The molecule has 0 aliphatic carbocycles. The largest absolute Gasteiger partial charge is 0.318 e. The van der Waals surface area contributed by atoms with Gasteiger partial charge in [-0.25, -0.2) is 0 Å². The van der Waals surface area contributed by atoms with Crippen molar-refractivity contribution in [2.45, 2.75) is 19.3 Å². The van der Waals surface area contributed by atoms with E-state index in [1.807, 2.05) is 37.4 Å². The first-order valence-corrected chi connectivity index (χ1v) is 7.87. The van der Waals surface area contributed by atoms with Crippen molar-refractivity contribution in [1.29, 1.82) is 0 Å². The fraction of sp³-hybridized carbons (Fsp3) is 0.588. The Morgan fingerprint density at radius 1 is 1.05 bits per heavy atom. The summed E-state index contributed by atoms with van der Waals surface area (Å²) in [5, 5.41) is 5.99. The minimum absolute atomic E-state index is 0.133. The molecule has 0 amide bonds. The van der Waals surface area contributed by atoms with Crippen LogP contribution in [0.2, 0.25) is 0 Å². The van der Waals surface area contributed by atoms with Crippen LogP contribution in [0.15, 0.2) is 30.3 Å². The number of likely N-dealkylation sites (N-methyl/N-ethyl adjacent to an activating group) is 2. The topological polar surface area (TPSA) is 44.4 Å². The molecular weight excluding hydrogens is 262 g/mol. The number of carbonyl (C=O) groups excluding carboxylic acids is 1. The van der Waals surface area contributed by atoms with Gasteiger partial charge in [-0.1, -0.05) is 36.8 Å². The van der Waals surface area contributed by atoms with E-state index in [-0.39, 0.29) is 5.78 Å². The van der Waals surface area contributed by atoms with Crippen LogP contribution < -0.4 is 10.6 Å². The lowest BCUT2D eigenvalue weighted by Gasteiger charge is -2.25. The average molecular weight is 291 g/mol.